The average molecular weight is 222 g/mol. The molecule has 1 fully saturated rings. The fraction of sp³-hybridized carbons (Fsp3) is 0.500. The highest BCUT2D eigenvalue weighted by Gasteiger charge is 2.32. The van der Waals surface area contributed by atoms with Crippen LogP contribution in [0.5, 0.6) is 0 Å². The van der Waals surface area contributed by atoms with Gasteiger partial charge in [0.15, 0.2) is 0 Å². The highest BCUT2D eigenvalue weighted by Crippen LogP contribution is 2.07. The molecule has 0 amide bonds. The first-order chi connectivity index (χ1) is 7.77. The van der Waals surface area contributed by atoms with E-state index in [4.69, 9.17) is 0 Å². The molecule has 1 aliphatic heterocycles. The molecule has 1 aromatic rings. The zero-order valence-electron chi connectivity index (χ0n) is 9.13. The summed E-state index contributed by atoms with van der Waals surface area (Å²) in [5, 5.41) is 25.3. The number of aliphatic hydroxyl groups excluding tert-OH is 2. The Morgan fingerprint density at radius 3 is 2.62 bits per heavy atom. The van der Waals surface area contributed by atoms with Crippen molar-refractivity contribution in [2.24, 2.45) is 0 Å². The summed E-state index contributed by atoms with van der Waals surface area (Å²) >= 11 is 0. The standard InChI is InChI=1S/C12H18N2O2/c15-11-8-14-10(12(11)16)7-13-6-9-4-2-1-3-5-9/h1-5,10-16H,6-8H2/t10-,11-,12-/m0/s1. The summed E-state index contributed by atoms with van der Waals surface area (Å²) in [4.78, 5) is 0. The molecule has 0 unspecified atom stereocenters. The van der Waals surface area contributed by atoms with E-state index in [-0.39, 0.29) is 6.04 Å². The van der Waals surface area contributed by atoms with Gasteiger partial charge in [-0.3, -0.25) is 0 Å². The molecular weight excluding hydrogens is 204 g/mol. The van der Waals surface area contributed by atoms with Crippen LogP contribution in [0, 0.1) is 0 Å². The van der Waals surface area contributed by atoms with E-state index in [0.29, 0.717) is 13.1 Å². The maximum Gasteiger partial charge on any atom is 0.0976 e. The van der Waals surface area contributed by atoms with Gasteiger partial charge in [0.05, 0.1) is 12.2 Å². The molecule has 1 heterocycles. The topological polar surface area (TPSA) is 64.5 Å². The van der Waals surface area contributed by atoms with Crippen molar-refractivity contribution in [1.29, 1.82) is 0 Å². The summed E-state index contributed by atoms with van der Waals surface area (Å²) in [6.07, 6.45) is -1.30. The summed E-state index contributed by atoms with van der Waals surface area (Å²) in [7, 11) is 0. The van der Waals surface area contributed by atoms with Crippen LogP contribution >= 0.6 is 0 Å². The first-order valence-corrected chi connectivity index (χ1v) is 5.61. The van der Waals surface area contributed by atoms with Gasteiger partial charge >= 0.3 is 0 Å². The van der Waals surface area contributed by atoms with Gasteiger partial charge in [-0.25, -0.2) is 0 Å². The summed E-state index contributed by atoms with van der Waals surface area (Å²) in [6, 6.07) is 10.1. The summed E-state index contributed by atoms with van der Waals surface area (Å²) < 4.78 is 0. The smallest absolute Gasteiger partial charge is 0.0976 e. The second-order valence-electron chi connectivity index (χ2n) is 4.19. The van der Waals surface area contributed by atoms with Crippen LogP contribution in [0.15, 0.2) is 30.3 Å². The molecule has 4 heteroatoms. The monoisotopic (exact) mass is 222 g/mol. The third-order valence-electron chi connectivity index (χ3n) is 2.93. The van der Waals surface area contributed by atoms with Crippen LogP contribution in [0.25, 0.3) is 0 Å². The Hall–Kier alpha value is -0.940. The van der Waals surface area contributed by atoms with Gasteiger partial charge in [0, 0.05) is 25.7 Å². The van der Waals surface area contributed by atoms with Crippen LogP contribution in [0.1, 0.15) is 5.56 Å². The normalized spacial score (nSPS) is 29.5. The molecule has 4 nitrogen and oxygen atoms in total. The zero-order valence-corrected chi connectivity index (χ0v) is 9.13. The fourth-order valence-electron chi connectivity index (χ4n) is 1.94. The predicted octanol–water partition coefficient (Wildman–Crippen LogP) is -0.530. The van der Waals surface area contributed by atoms with E-state index in [9.17, 15) is 10.2 Å². The lowest BCUT2D eigenvalue weighted by Gasteiger charge is -2.16. The molecule has 16 heavy (non-hydrogen) atoms. The SMILES string of the molecule is O[C@H]1[C@H](CNCc2ccccc2)NC[C@@H]1O. The van der Waals surface area contributed by atoms with E-state index in [1.807, 2.05) is 18.2 Å². The van der Waals surface area contributed by atoms with Crippen LogP contribution in [-0.4, -0.2) is 41.6 Å². The second kappa shape index (κ2) is 5.41. The molecule has 1 saturated heterocycles. The number of hydrogen-bond donors (Lipinski definition) is 4. The number of nitrogens with one attached hydrogen (secondary N) is 2. The van der Waals surface area contributed by atoms with Crippen LogP contribution < -0.4 is 10.6 Å². The van der Waals surface area contributed by atoms with Crippen LogP contribution in [0.2, 0.25) is 0 Å². The Morgan fingerprint density at radius 1 is 1.25 bits per heavy atom. The minimum Gasteiger partial charge on any atom is -0.389 e. The summed E-state index contributed by atoms with van der Waals surface area (Å²) in [5.74, 6) is 0. The van der Waals surface area contributed by atoms with Gasteiger partial charge in [0.1, 0.15) is 0 Å². The predicted molar refractivity (Wildman–Crippen MR) is 62.0 cm³/mol. The molecule has 4 N–H and O–H groups in total. The molecule has 0 aliphatic carbocycles. The Labute approximate surface area is 95.3 Å². The highest BCUT2D eigenvalue weighted by atomic mass is 16.3. The Morgan fingerprint density at radius 2 is 2.00 bits per heavy atom. The minimum absolute atomic E-state index is 0.0567. The van der Waals surface area contributed by atoms with Crippen molar-refractivity contribution in [3.63, 3.8) is 0 Å². The van der Waals surface area contributed by atoms with Gasteiger partial charge in [-0.1, -0.05) is 30.3 Å². The number of aliphatic hydroxyl groups is 2. The van der Waals surface area contributed by atoms with Crippen LogP contribution in [0.3, 0.4) is 0 Å². The van der Waals surface area contributed by atoms with Crippen molar-refractivity contribution in [2.75, 3.05) is 13.1 Å². The number of β-amino-alcohol motifs (C(OH)–C–C–N with tert-alkyl or cyclic N) is 1. The quantitative estimate of drug-likeness (QED) is 0.553. The van der Waals surface area contributed by atoms with Crippen molar-refractivity contribution >= 4 is 0 Å². The van der Waals surface area contributed by atoms with Crippen molar-refractivity contribution in [3.05, 3.63) is 35.9 Å². The molecule has 88 valence electrons. The van der Waals surface area contributed by atoms with E-state index in [0.717, 1.165) is 6.54 Å². The van der Waals surface area contributed by atoms with Gasteiger partial charge < -0.3 is 20.8 Å². The van der Waals surface area contributed by atoms with Gasteiger partial charge in [-0.2, -0.15) is 0 Å². The molecule has 3 atom stereocenters. The molecule has 2 rings (SSSR count). The highest BCUT2D eigenvalue weighted by molar-refractivity contribution is 5.14. The van der Waals surface area contributed by atoms with Crippen molar-refractivity contribution in [3.8, 4) is 0 Å². The largest absolute Gasteiger partial charge is 0.389 e. The summed E-state index contributed by atoms with van der Waals surface area (Å²) in [5.41, 5.74) is 1.22. The van der Waals surface area contributed by atoms with Gasteiger partial charge in [-0.05, 0) is 5.56 Å². The van der Waals surface area contributed by atoms with Crippen molar-refractivity contribution < 1.29 is 10.2 Å². The molecular formula is C12H18N2O2. The van der Waals surface area contributed by atoms with Crippen molar-refractivity contribution in [2.45, 2.75) is 24.8 Å². The van der Waals surface area contributed by atoms with Gasteiger partial charge in [0.2, 0.25) is 0 Å². The van der Waals surface area contributed by atoms with Gasteiger partial charge in [0.25, 0.3) is 0 Å². The van der Waals surface area contributed by atoms with Crippen LogP contribution in [0.4, 0.5) is 0 Å². The molecule has 0 saturated carbocycles. The minimum atomic E-state index is -0.664. The number of hydrogen-bond acceptors (Lipinski definition) is 4. The van der Waals surface area contributed by atoms with E-state index in [1.54, 1.807) is 0 Å². The zero-order chi connectivity index (χ0) is 11.4. The molecule has 1 aliphatic rings. The Bertz CT molecular complexity index is 318. The lowest BCUT2D eigenvalue weighted by molar-refractivity contribution is 0.0407. The third kappa shape index (κ3) is 2.80. The molecule has 0 spiro atoms. The first-order valence-electron chi connectivity index (χ1n) is 5.61. The average Bonchev–Trinajstić information content (AvgIpc) is 2.62. The third-order valence-corrected chi connectivity index (χ3v) is 2.93. The number of benzene rings is 1. The van der Waals surface area contributed by atoms with Crippen molar-refractivity contribution in [1.82, 2.24) is 10.6 Å². The maximum atomic E-state index is 9.60. The van der Waals surface area contributed by atoms with E-state index >= 15 is 0 Å². The van der Waals surface area contributed by atoms with E-state index < -0.39 is 12.2 Å². The van der Waals surface area contributed by atoms with Crippen LogP contribution in [-0.2, 0) is 6.54 Å². The van der Waals surface area contributed by atoms with E-state index in [1.165, 1.54) is 5.56 Å². The maximum absolute atomic E-state index is 9.60. The Kier molecular flexibility index (Phi) is 3.90. The first kappa shape index (κ1) is 11.5. The lowest BCUT2D eigenvalue weighted by atomic mass is 10.1. The molecule has 0 aromatic heterocycles. The Balaban J connectivity index is 1.73. The fourth-order valence-corrected chi connectivity index (χ4v) is 1.94. The number of rotatable bonds is 4. The van der Waals surface area contributed by atoms with E-state index in [2.05, 4.69) is 22.8 Å². The lowest BCUT2D eigenvalue weighted by Crippen LogP contribution is -2.41. The molecule has 1 aromatic carbocycles. The van der Waals surface area contributed by atoms with Gasteiger partial charge in [-0.15, -0.1) is 0 Å². The summed E-state index contributed by atoms with van der Waals surface area (Å²) in [6.45, 7) is 1.91. The molecule has 0 radical (unpaired) electrons. The molecule has 0 bridgehead atoms. The second-order valence-corrected chi connectivity index (χ2v) is 4.19.